The van der Waals surface area contributed by atoms with Crippen molar-refractivity contribution >= 4 is 26.9 Å². The monoisotopic (exact) mass is 261 g/mol. The molecule has 3 rings (SSSR count). The Balaban J connectivity index is 2.30. The van der Waals surface area contributed by atoms with Gasteiger partial charge in [-0.3, -0.25) is 0 Å². The van der Waals surface area contributed by atoms with E-state index in [2.05, 4.69) is 22.0 Å². The van der Waals surface area contributed by atoms with Crippen molar-refractivity contribution in [3.8, 4) is 6.07 Å². The zero-order chi connectivity index (χ0) is 10.5. The first-order chi connectivity index (χ1) is 7.27. The molecule has 2 aromatic rings. The summed E-state index contributed by atoms with van der Waals surface area (Å²) in [6.07, 6.45) is 1.81. The van der Waals surface area contributed by atoms with Gasteiger partial charge in [-0.25, -0.2) is 0 Å². The number of halogens is 1. The number of furan rings is 1. The third-order valence-corrected chi connectivity index (χ3v) is 3.72. The first-order valence-electron chi connectivity index (χ1n) is 4.86. The van der Waals surface area contributed by atoms with Gasteiger partial charge in [0.1, 0.15) is 16.8 Å². The molecule has 0 saturated heterocycles. The lowest BCUT2D eigenvalue weighted by Gasteiger charge is -2.00. The minimum Gasteiger partial charge on any atom is -0.458 e. The van der Waals surface area contributed by atoms with Gasteiger partial charge in [-0.2, -0.15) is 5.26 Å². The Labute approximate surface area is 95.6 Å². The summed E-state index contributed by atoms with van der Waals surface area (Å²) < 4.78 is 6.69. The highest BCUT2D eigenvalue weighted by Gasteiger charge is 2.49. The first-order valence-corrected chi connectivity index (χ1v) is 5.65. The summed E-state index contributed by atoms with van der Waals surface area (Å²) in [7, 11) is 0. The van der Waals surface area contributed by atoms with Crippen molar-refractivity contribution < 1.29 is 4.42 Å². The second-order valence-electron chi connectivity index (χ2n) is 3.94. The Morgan fingerprint density at radius 3 is 2.67 bits per heavy atom. The zero-order valence-corrected chi connectivity index (χ0v) is 9.54. The van der Waals surface area contributed by atoms with Crippen molar-refractivity contribution in [1.29, 1.82) is 5.26 Å². The summed E-state index contributed by atoms with van der Waals surface area (Å²) in [5.74, 6) is 0.797. The van der Waals surface area contributed by atoms with Gasteiger partial charge >= 0.3 is 0 Å². The highest BCUT2D eigenvalue weighted by Crippen LogP contribution is 2.52. The molecule has 1 aromatic carbocycles. The Hall–Kier alpha value is -1.27. The van der Waals surface area contributed by atoms with Crippen molar-refractivity contribution in [2.75, 3.05) is 0 Å². The van der Waals surface area contributed by atoms with Crippen molar-refractivity contribution in [2.24, 2.45) is 0 Å². The van der Waals surface area contributed by atoms with Crippen LogP contribution >= 0.6 is 15.9 Å². The van der Waals surface area contributed by atoms with Gasteiger partial charge in [-0.1, -0.05) is 12.1 Å². The number of fused-ring (bicyclic) bond motifs is 1. The van der Waals surface area contributed by atoms with E-state index in [1.807, 2.05) is 24.3 Å². The molecule has 0 N–H and O–H groups in total. The van der Waals surface area contributed by atoms with Gasteiger partial charge in [-0.05, 0) is 40.9 Å². The average Bonchev–Trinajstić information content (AvgIpc) is 3.00. The molecular formula is C12H8BrNO. The summed E-state index contributed by atoms with van der Waals surface area (Å²) in [4.78, 5) is 0. The number of benzene rings is 1. The van der Waals surface area contributed by atoms with E-state index in [0.717, 1.165) is 34.0 Å². The number of para-hydroxylation sites is 1. The van der Waals surface area contributed by atoms with Gasteiger partial charge in [0.05, 0.1) is 10.5 Å². The van der Waals surface area contributed by atoms with Crippen LogP contribution in [0, 0.1) is 11.3 Å². The van der Waals surface area contributed by atoms with Crippen molar-refractivity contribution in [3.05, 3.63) is 34.5 Å². The second-order valence-corrected chi connectivity index (χ2v) is 4.73. The van der Waals surface area contributed by atoms with Crippen LogP contribution in [0.5, 0.6) is 0 Å². The minimum absolute atomic E-state index is 0.363. The van der Waals surface area contributed by atoms with E-state index < -0.39 is 0 Å². The zero-order valence-electron chi connectivity index (χ0n) is 7.96. The molecule has 0 unspecified atom stereocenters. The van der Waals surface area contributed by atoms with Crippen LogP contribution in [0.4, 0.5) is 0 Å². The first kappa shape index (κ1) is 8.99. The molecule has 0 bridgehead atoms. The third-order valence-electron chi connectivity index (χ3n) is 2.93. The van der Waals surface area contributed by atoms with Gasteiger partial charge in [0, 0.05) is 5.39 Å². The Morgan fingerprint density at radius 1 is 1.33 bits per heavy atom. The smallest absolute Gasteiger partial charge is 0.139 e. The molecule has 15 heavy (non-hydrogen) atoms. The molecule has 0 spiro atoms. The van der Waals surface area contributed by atoms with Gasteiger partial charge in [0.2, 0.25) is 0 Å². The Morgan fingerprint density at radius 2 is 2.07 bits per heavy atom. The largest absolute Gasteiger partial charge is 0.458 e. The number of hydrogen-bond donors (Lipinski definition) is 0. The topological polar surface area (TPSA) is 36.9 Å². The van der Waals surface area contributed by atoms with E-state index in [-0.39, 0.29) is 5.41 Å². The minimum atomic E-state index is -0.363. The number of rotatable bonds is 1. The molecular weight excluding hydrogens is 254 g/mol. The van der Waals surface area contributed by atoms with Crippen LogP contribution in [0.25, 0.3) is 11.0 Å². The van der Waals surface area contributed by atoms with Crippen LogP contribution in [-0.4, -0.2) is 0 Å². The van der Waals surface area contributed by atoms with Crippen LogP contribution in [0.1, 0.15) is 18.6 Å². The Kier molecular flexibility index (Phi) is 1.72. The highest BCUT2D eigenvalue weighted by molar-refractivity contribution is 9.10. The second kappa shape index (κ2) is 2.86. The summed E-state index contributed by atoms with van der Waals surface area (Å²) >= 11 is 3.52. The molecule has 3 heteroatoms. The lowest BCUT2D eigenvalue weighted by atomic mass is 10.1. The summed E-state index contributed by atoms with van der Waals surface area (Å²) in [6, 6.07) is 10.2. The van der Waals surface area contributed by atoms with E-state index in [4.69, 9.17) is 9.68 Å². The molecule has 0 atom stereocenters. The fraction of sp³-hybridized carbons (Fsp3) is 0.250. The van der Waals surface area contributed by atoms with E-state index in [9.17, 15) is 0 Å². The van der Waals surface area contributed by atoms with E-state index in [0.29, 0.717) is 0 Å². The molecule has 1 heterocycles. The average molecular weight is 262 g/mol. The van der Waals surface area contributed by atoms with Gasteiger partial charge in [-0.15, -0.1) is 0 Å². The number of nitriles is 1. The van der Waals surface area contributed by atoms with Crippen molar-refractivity contribution in [1.82, 2.24) is 0 Å². The predicted molar refractivity (Wildman–Crippen MR) is 60.4 cm³/mol. The van der Waals surface area contributed by atoms with E-state index in [1.165, 1.54) is 0 Å². The lowest BCUT2D eigenvalue weighted by molar-refractivity contribution is 0.519. The number of hydrogen-bond acceptors (Lipinski definition) is 2. The fourth-order valence-corrected chi connectivity index (χ4v) is 2.62. The van der Waals surface area contributed by atoms with Gasteiger partial charge in [0.15, 0.2) is 0 Å². The molecule has 1 aromatic heterocycles. The molecule has 1 saturated carbocycles. The van der Waals surface area contributed by atoms with Crippen molar-refractivity contribution in [2.45, 2.75) is 18.3 Å². The van der Waals surface area contributed by atoms with Crippen LogP contribution in [0.2, 0.25) is 0 Å². The molecule has 74 valence electrons. The molecule has 1 aliphatic rings. The maximum absolute atomic E-state index is 9.13. The van der Waals surface area contributed by atoms with Crippen LogP contribution in [0.15, 0.2) is 33.2 Å². The molecule has 2 nitrogen and oxygen atoms in total. The summed E-state index contributed by atoms with van der Waals surface area (Å²) in [5.41, 5.74) is 0.485. The normalized spacial score (nSPS) is 17.6. The SMILES string of the molecule is N#CC1(c2oc3ccccc3c2Br)CC1. The molecule has 1 fully saturated rings. The maximum atomic E-state index is 9.13. The molecule has 0 aliphatic heterocycles. The number of nitrogens with zero attached hydrogens (tertiary/aromatic N) is 1. The standard InChI is InChI=1S/C12H8BrNO/c13-10-8-3-1-2-4-9(8)15-11(10)12(7-14)5-6-12/h1-4H,5-6H2. The van der Waals surface area contributed by atoms with Crippen LogP contribution in [-0.2, 0) is 5.41 Å². The Bertz CT molecular complexity index is 575. The predicted octanol–water partition coefficient (Wildman–Crippen LogP) is 3.75. The maximum Gasteiger partial charge on any atom is 0.139 e. The molecule has 1 aliphatic carbocycles. The van der Waals surface area contributed by atoms with E-state index >= 15 is 0 Å². The third kappa shape index (κ3) is 1.15. The lowest BCUT2D eigenvalue weighted by Crippen LogP contribution is -2.00. The van der Waals surface area contributed by atoms with Crippen LogP contribution in [0.3, 0.4) is 0 Å². The fourth-order valence-electron chi connectivity index (χ4n) is 1.84. The van der Waals surface area contributed by atoms with Gasteiger partial charge in [0.25, 0.3) is 0 Å². The van der Waals surface area contributed by atoms with E-state index in [1.54, 1.807) is 0 Å². The molecule has 0 amide bonds. The quantitative estimate of drug-likeness (QED) is 0.784. The summed E-state index contributed by atoms with van der Waals surface area (Å²) in [6.45, 7) is 0. The summed E-state index contributed by atoms with van der Waals surface area (Å²) in [5, 5.41) is 10.2. The molecule has 0 radical (unpaired) electrons. The van der Waals surface area contributed by atoms with Crippen LogP contribution < -0.4 is 0 Å². The van der Waals surface area contributed by atoms with Crippen molar-refractivity contribution in [3.63, 3.8) is 0 Å². The van der Waals surface area contributed by atoms with Gasteiger partial charge < -0.3 is 4.42 Å². The highest BCUT2D eigenvalue weighted by atomic mass is 79.9.